The zero-order chi connectivity index (χ0) is 17.4. The largest absolute Gasteiger partial charge is 0.508 e. The maximum atomic E-state index is 11.0. The first-order valence-electron chi connectivity index (χ1n) is 8.34. The van der Waals surface area contributed by atoms with Crippen molar-refractivity contribution >= 4 is 5.97 Å². The number of rotatable bonds is 9. The van der Waals surface area contributed by atoms with Gasteiger partial charge in [-0.2, -0.15) is 0 Å². The van der Waals surface area contributed by atoms with Crippen LogP contribution < -0.4 is 4.74 Å². The SMILES string of the molecule is CCCCOc1ccc([C@@H](CCC(=O)O)c2ccccc2O)cc1. The number of aromatic hydroxyl groups is 1. The Morgan fingerprint density at radius 2 is 1.83 bits per heavy atom. The van der Waals surface area contributed by atoms with E-state index in [1.165, 1.54) is 0 Å². The summed E-state index contributed by atoms with van der Waals surface area (Å²) in [6.45, 7) is 2.81. The molecule has 128 valence electrons. The molecule has 0 saturated heterocycles. The minimum atomic E-state index is -0.838. The van der Waals surface area contributed by atoms with Gasteiger partial charge in [0.2, 0.25) is 0 Å². The summed E-state index contributed by atoms with van der Waals surface area (Å²) in [5.41, 5.74) is 1.72. The average molecular weight is 328 g/mol. The molecule has 2 aromatic rings. The average Bonchev–Trinajstić information content (AvgIpc) is 2.58. The molecule has 0 amide bonds. The fourth-order valence-corrected chi connectivity index (χ4v) is 2.68. The van der Waals surface area contributed by atoms with Crippen LogP contribution in [0.15, 0.2) is 48.5 Å². The predicted molar refractivity (Wildman–Crippen MR) is 93.7 cm³/mol. The van der Waals surface area contributed by atoms with Gasteiger partial charge in [0.15, 0.2) is 0 Å². The number of unbranched alkanes of at least 4 members (excludes halogenated alkanes) is 1. The Kier molecular flexibility index (Phi) is 6.67. The number of carboxylic acid groups (broad SMARTS) is 1. The number of hydrogen-bond donors (Lipinski definition) is 2. The highest BCUT2D eigenvalue weighted by molar-refractivity contribution is 5.67. The van der Waals surface area contributed by atoms with Crippen molar-refractivity contribution in [3.05, 3.63) is 59.7 Å². The summed E-state index contributed by atoms with van der Waals surface area (Å²) in [6.07, 6.45) is 2.58. The molecule has 2 N–H and O–H groups in total. The quantitative estimate of drug-likeness (QED) is 0.662. The zero-order valence-electron chi connectivity index (χ0n) is 13.9. The highest BCUT2D eigenvalue weighted by Crippen LogP contribution is 2.35. The molecule has 0 aliphatic rings. The number of aliphatic carboxylic acids is 1. The Labute approximate surface area is 142 Å². The van der Waals surface area contributed by atoms with Gasteiger partial charge >= 0.3 is 5.97 Å². The minimum Gasteiger partial charge on any atom is -0.508 e. The minimum absolute atomic E-state index is 0.0494. The van der Waals surface area contributed by atoms with E-state index in [1.54, 1.807) is 12.1 Å². The van der Waals surface area contributed by atoms with Crippen LogP contribution in [-0.4, -0.2) is 22.8 Å². The van der Waals surface area contributed by atoms with Crippen LogP contribution in [0.1, 0.15) is 49.7 Å². The summed E-state index contributed by atoms with van der Waals surface area (Å²) in [6, 6.07) is 14.8. The van der Waals surface area contributed by atoms with Gasteiger partial charge in [0.1, 0.15) is 11.5 Å². The molecular formula is C20H24O4. The summed E-state index contributed by atoms with van der Waals surface area (Å²) in [7, 11) is 0. The molecule has 0 spiro atoms. The van der Waals surface area contributed by atoms with Crippen molar-refractivity contribution < 1.29 is 19.7 Å². The molecule has 0 aliphatic heterocycles. The Bertz CT molecular complexity index is 649. The molecule has 0 fully saturated rings. The third-order valence-electron chi connectivity index (χ3n) is 4.01. The van der Waals surface area contributed by atoms with Crippen molar-refractivity contribution in [1.82, 2.24) is 0 Å². The Hall–Kier alpha value is -2.49. The molecule has 0 aliphatic carbocycles. The first kappa shape index (κ1) is 17.9. The molecule has 4 heteroatoms. The molecule has 0 heterocycles. The molecule has 1 atom stereocenters. The highest BCUT2D eigenvalue weighted by atomic mass is 16.5. The number of phenols is 1. The van der Waals surface area contributed by atoms with Crippen LogP contribution in [0, 0.1) is 0 Å². The van der Waals surface area contributed by atoms with E-state index in [0.717, 1.165) is 29.7 Å². The van der Waals surface area contributed by atoms with Crippen LogP contribution in [0.5, 0.6) is 11.5 Å². The second kappa shape index (κ2) is 8.96. The van der Waals surface area contributed by atoms with E-state index >= 15 is 0 Å². The van der Waals surface area contributed by atoms with Crippen LogP contribution in [0.4, 0.5) is 0 Å². The number of ether oxygens (including phenoxy) is 1. The lowest BCUT2D eigenvalue weighted by Gasteiger charge is -2.19. The van der Waals surface area contributed by atoms with Crippen molar-refractivity contribution in [2.75, 3.05) is 6.61 Å². The smallest absolute Gasteiger partial charge is 0.303 e. The Morgan fingerprint density at radius 1 is 1.12 bits per heavy atom. The lowest BCUT2D eigenvalue weighted by molar-refractivity contribution is -0.137. The third kappa shape index (κ3) is 5.01. The molecule has 0 unspecified atom stereocenters. The summed E-state index contributed by atoms with van der Waals surface area (Å²) in [5, 5.41) is 19.1. The summed E-state index contributed by atoms with van der Waals surface area (Å²) in [5.74, 6) is -0.000406. The van der Waals surface area contributed by atoms with Gasteiger partial charge in [-0.1, -0.05) is 43.7 Å². The molecular weight excluding hydrogens is 304 g/mol. The standard InChI is InChI=1S/C20H24O4/c1-2-3-14-24-16-10-8-15(9-11-16)17(12-13-20(22)23)18-6-4-5-7-19(18)21/h4-11,17,21H,2-3,12-14H2,1H3,(H,22,23)/t17-/m1/s1. The van der Waals surface area contributed by atoms with E-state index < -0.39 is 5.97 Å². The molecule has 0 saturated carbocycles. The third-order valence-corrected chi connectivity index (χ3v) is 4.01. The van der Waals surface area contributed by atoms with E-state index in [9.17, 15) is 9.90 Å². The second-order valence-corrected chi connectivity index (χ2v) is 5.81. The van der Waals surface area contributed by atoms with Crippen LogP contribution in [-0.2, 0) is 4.79 Å². The van der Waals surface area contributed by atoms with E-state index in [-0.39, 0.29) is 18.1 Å². The Morgan fingerprint density at radius 3 is 2.46 bits per heavy atom. The van der Waals surface area contributed by atoms with Gasteiger partial charge in [0.25, 0.3) is 0 Å². The monoisotopic (exact) mass is 328 g/mol. The molecule has 0 bridgehead atoms. The summed E-state index contributed by atoms with van der Waals surface area (Å²) >= 11 is 0. The first-order valence-corrected chi connectivity index (χ1v) is 8.34. The predicted octanol–water partition coefficient (Wildman–Crippen LogP) is 4.57. The number of phenolic OH excluding ortho intramolecular Hbond substituents is 1. The second-order valence-electron chi connectivity index (χ2n) is 5.81. The molecule has 24 heavy (non-hydrogen) atoms. The summed E-state index contributed by atoms with van der Waals surface area (Å²) < 4.78 is 5.67. The van der Waals surface area contributed by atoms with Gasteiger partial charge in [-0.05, 0) is 36.6 Å². The Balaban J connectivity index is 2.20. The van der Waals surface area contributed by atoms with Crippen molar-refractivity contribution in [2.24, 2.45) is 0 Å². The maximum Gasteiger partial charge on any atom is 0.303 e. The molecule has 0 radical (unpaired) electrons. The number of hydrogen-bond acceptors (Lipinski definition) is 3. The molecule has 2 aromatic carbocycles. The van der Waals surface area contributed by atoms with E-state index in [2.05, 4.69) is 6.92 Å². The highest BCUT2D eigenvalue weighted by Gasteiger charge is 2.18. The molecule has 0 aromatic heterocycles. The zero-order valence-corrected chi connectivity index (χ0v) is 13.9. The van der Waals surface area contributed by atoms with Crippen molar-refractivity contribution in [3.8, 4) is 11.5 Å². The normalized spacial score (nSPS) is 11.9. The fourth-order valence-electron chi connectivity index (χ4n) is 2.68. The summed E-state index contributed by atoms with van der Waals surface area (Å²) in [4.78, 5) is 11.0. The molecule has 2 rings (SSSR count). The van der Waals surface area contributed by atoms with Crippen molar-refractivity contribution in [3.63, 3.8) is 0 Å². The van der Waals surface area contributed by atoms with Gasteiger partial charge in [0.05, 0.1) is 6.61 Å². The lowest BCUT2D eigenvalue weighted by Crippen LogP contribution is -2.05. The van der Waals surface area contributed by atoms with Crippen LogP contribution in [0.25, 0.3) is 0 Å². The lowest BCUT2D eigenvalue weighted by atomic mass is 9.87. The number of para-hydroxylation sites is 1. The van der Waals surface area contributed by atoms with Gasteiger partial charge in [-0.3, -0.25) is 4.79 Å². The first-order chi connectivity index (χ1) is 11.6. The number of carbonyl (C=O) groups is 1. The van der Waals surface area contributed by atoms with Crippen molar-refractivity contribution in [1.29, 1.82) is 0 Å². The van der Waals surface area contributed by atoms with E-state index in [0.29, 0.717) is 13.0 Å². The number of carboxylic acids is 1. The van der Waals surface area contributed by atoms with Gasteiger partial charge < -0.3 is 14.9 Å². The topological polar surface area (TPSA) is 66.8 Å². The van der Waals surface area contributed by atoms with E-state index in [1.807, 2.05) is 36.4 Å². The van der Waals surface area contributed by atoms with Crippen LogP contribution in [0.3, 0.4) is 0 Å². The molecule has 4 nitrogen and oxygen atoms in total. The van der Waals surface area contributed by atoms with Gasteiger partial charge in [-0.15, -0.1) is 0 Å². The van der Waals surface area contributed by atoms with Gasteiger partial charge in [0, 0.05) is 17.9 Å². The van der Waals surface area contributed by atoms with Crippen LogP contribution in [0.2, 0.25) is 0 Å². The van der Waals surface area contributed by atoms with E-state index in [4.69, 9.17) is 9.84 Å². The fraction of sp³-hybridized carbons (Fsp3) is 0.350. The maximum absolute atomic E-state index is 11.0. The van der Waals surface area contributed by atoms with Crippen LogP contribution >= 0.6 is 0 Å². The number of benzene rings is 2. The van der Waals surface area contributed by atoms with Crippen molar-refractivity contribution in [2.45, 2.75) is 38.5 Å². The van der Waals surface area contributed by atoms with Gasteiger partial charge in [-0.25, -0.2) is 0 Å².